The van der Waals surface area contributed by atoms with Gasteiger partial charge in [0.15, 0.2) is 0 Å². The molecule has 6 rings (SSSR count). The van der Waals surface area contributed by atoms with Crippen molar-refractivity contribution in [2.75, 3.05) is 23.3 Å². The van der Waals surface area contributed by atoms with Crippen LogP contribution >= 0.6 is 0 Å². The highest BCUT2D eigenvalue weighted by molar-refractivity contribution is 5.93. The number of amides is 1. The molecule has 4 aromatic rings. The molecule has 1 saturated heterocycles. The molecule has 0 spiro atoms. The number of nitrogens with zero attached hydrogens (tertiary/aromatic N) is 5. The number of carbonyl (C=O) groups excluding carboxylic acids is 1. The van der Waals surface area contributed by atoms with Crippen LogP contribution in [0.3, 0.4) is 0 Å². The standard InChI is InChI=1S/C17H24N4.C10H8F3N3O.C2H6/c1-12-3-6-16(15-11-20(2)19-17(12)15)21-9-7-14(8-10-21)18-13-4-5-13;1-16-4-6-2-9(14-5-17)7(10(11,12)13)3-8(6)15-16;1-2/h3,6,11,13-14,18H,4-5,7-10H2,1-2H3;2-5H,1H3,(H,14,17);1-2H3. The first kappa shape index (κ1) is 29.4. The average molecular weight is 558 g/mol. The van der Waals surface area contributed by atoms with Crippen molar-refractivity contribution in [3.63, 3.8) is 0 Å². The fourth-order valence-corrected chi connectivity index (χ4v) is 5.10. The van der Waals surface area contributed by atoms with E-state index in [1.54, 1.807) is 13.2 Å². The van der Waals surface area contributed by atoms with Gasteiger partial charge in [0.25, 0.3) is 0 Å². The summed E-state index contributed by atoms with van der Waals surface area (Å²) in [5.74, 6) is 0. The Hall–Kier alpha value is -3.60. The van der Waals surface area contributed by atoms with Gasteiger partial charge in [-0.2, -0.15) is 23.4 Å². The van der Waals surface area contributed by atoms with Gasteiger partial charge in [-0.05, 0) is 56.4 Å². The third kappa shape index (κ3) is 6.75. The van der Waals surface area contributed by atoms with Crippen LogP contribution in [0.1, 0.15) is 50.7 Å². The molecule has 216 valence electrons. The van der Waals surface area contributed by atoms with E-state index in [0.717, 1.165) is 36.8 Å². The van der Waals surface area contributed by atoms with Crippen LogP contribution in [-0.2, 0) is 25.1 Å². The van der Waals surface area contributed by atoms with Crippen molar-refractivity contribution >= 4 is 39.6 Å². The van der Waals surface area contributed by atoms with E-state index in [9.17, 15) is 18.0 Å². The Morgan fingerprint density at radius 3 is 2.23 bits per heavy atom. The molecule has 0 unspecified atom stereocenters. The van der Waals surface area contributed by atoms with Crippen molar-refractivity contribution < 1.29 is 18.0 Å². The van der Waals surface area contributed by atoms with Crippen LogP contribution in [0.2, 0.25) is 0 Å². The van der Waals surface area contributed by atoms with Gasteiger partial charge in [0.05, 0.1) is 22.3 Å². The van der Waals surface area contributed by atoms with E-state index in [0.29, 0.717) is 5.39 Å². The van der Waals surface area contributed by atoms with E-state index < -0.39 is 11.7 Å². The zero-order valence-electron chi connectivity index (χ0n) is 23.7. The molecule has 2 aliphatic rings. The van der Waals surface area contributed by atoms with Crippen LogP contribution in [-0.4, -0.2) is 51.1 Å². The molecular weight excluding hydrogens is 519 g/mol. The monoisotopic (exact) mass is 557 g/mol. The minimum Gasteiger partial charge on any atom is -0.371 e. The Labute approximate surface area is 232 Å². The minimum absolute atomic E-state index is 0.215. The number of fused-ring (bicyclic) bond motifs is 2. The van der Waals surface area contributed by atoms with Gasteiger partial charge in [-0.25, -0.2) is 0 Å². The van der Waals surface area contributed by atoms with Gasteiger partial charge < -0.3 is 15.5 Å². The van der Waals surface area contributed by atoms with Crippen molar-refractivity contribution in [2.24, 2.45) is 14.1 Å². The second kappa shape index (κ2) is 12.3. The van der Waals surface area contributed by atoms with Gasteiger partial charge in [0, 0.05) is 68.1 Å². The van der Waals surface area contributed by atoms with Crippen LogP contribution in [0.25, 0.3) is 21.8 Å². The number of rotatable bonds is 5. The smallest absolute Gasteiger partial charge is 0.371 e. The van der Waals surface area contributed by atoms with Gasteiger partial charge >= 0.3 is 6.18 Å². The maximum absolute atomic E-state index is 12.7. The Morgan fingerprint density at radius 1 is 0.950 bits per heavy atom. The van der Waals surface area contributed by atoms with Crippen LogP contribution in [0.4, 0.5) is 24.5 Å². The molecule has 1 aliphatic heterocycles. The molecule has 2 fully saturated rings. The number of nitrogens with one attached hydrogen (secondary N) is 2. The highest BCUT2D eigenvalue weighted by Crippen LogP contribution is 2.37. The lowest BCUT2D eigenvalue weighted by atomic mass is 10.0. The SMILES string of the molecule is CC.Cc1ccc(N2CCC(NC3CC3)CC2)c2cn(C)nc12.Cn1cc2cc(NC=O)c(C(F)(F)F)cc2n1. The Balaban J connectivity index is 0.000000178. The molecule has 2 aromatic heterocycles. The summed E-state index contributed by atoms with van der Waals surface area (Å²) in [5.41, 5.74) is 2.82. The molecule has 2 aromatic carbocycles. The summed E-state index contributed by atoms with van der Waals surface area (Å²) in [5, 5.41) is 16.1. The average Bonchev–Trinajstić information content (AvgIpc) is 3.52. The maximum atomic E-state index is 12.7. The topological polar surface area (TPSA) is 80.0 Å². The summed E-state index contributed by atoms with van der Waals surface area (Å²) in [6.45, 7) is 8.44. The second-order valence-corrected chi connectivity index (χ2v) is 10.2. The van der Waals surface area contributed by atoms with Crippen molar-refractivity contribution in [1.82, 2.24) is 24.9 Å². The normalized spacial score (nSPS) is 15.8. The molecule has 2 N–H and O–H groups in total. The van der Waals surface area contributed by atoms with Crippen LogP contribution in [0.5, 0.6) is 0 Å². The maximum Gasteiger partial charge on any atom is 0.418 e. The first-order chi connectivity index (χ1) is 19.1. The molecule has 8 nitrogen and oxygen atoms in total. The van der Waals surface area contributed by atoms with E-state index in [1.165, 1.54) is 53.1 Å². The number of benzene rings is 2. The number of aromatic nitrogens is 4. The minimum atomic E-state index is -4.53. The fraction of sp³-hybridized carbons (Fsp3) is 0.483. The number of aryl methyl sites for hydroxylation is 3. The van der Waals surface area contributed by atoms with Crippen LogP contribution in [0.15, 0.2) is 36.7 Å². The zero-order chi connectivity index (χ0) is 29.0. The molecule has 0 radical (unpaired) electrons. The zero-order valence-corrected chi connectivity index (χ0v) is 23.7. The highest BCUT2D eigenvalue weighted by Gasteiger charge is 2.34. The van der Waals surface area contributed by atoms with Crippen molar-refractivity contribution in [1.29, 1.82) is 0 Å². The third-order valence-electron chi connectivity index (χ3n) is 7.13. The lowest BCUT2D eigenvalue weighted by molar-refractivity contribution is -0.136. The van der Waals surface area contributed by atoms with Crippen molar-refractivity contribution in [3.05, 3.63) is 47.8 Å². The summed E-state index contributed by atoms with van der Waals surface area (Å²) in [6.07, 6.45) is 4.70. The molecular formula is C29H38F3N7O. The molecule has 11 heteroatoms. The van der Waals surface area contributed by atoms with E-state index >= 15 is 0 Å². The Bertz CT molecular complexity index is 1450. The van der Waals surface area contributed by atoms with E-state index in [-0.39, 0.29) is 17.6 Å². The van der Waals surface area contributed by atoms with Crippen LogP contribution < -0.4 is 15.5 Å². The predicted octanol–water partition coefficient (Wildman–Crippen LogP) is 5.79. The summed E-state index contributed by atoms with van der Waals surface area (Å²) < 4.78 is 41.5. The van der Waals surface area contributed by atoms with Gasteiger partial charge in [0.2, 0.25) is 6.41 Å². The molecule has 3 heterocycles. The van der Waals surface area contributed by atoms with E-state index in [1.807, 2.05) is 30.9 Å². The number of carbonyl (C=O) groups is 1. The summed E-state index contributed by atoms with van der Waals surface area (Å²) >= 11 is 0. The van der Waals surface area contributed by atoms with Crippen molar-refractivity contribution in [3.8, 4) is 0 Å². The molecule has 40 heavy (non-hydrogen) atoms. The third-order valence-corrected chi connectivity index (χ3v) is 7.13. The summed E-state index contributed by atoms with van der Waals surface area (Å²) in [4.78, 5) is 12.8. The fourth-order valence-electron chi connectivity index (χ4n) is 5.10. The number of hydrogen-bond donors (Lipinski definition) is 2. The number of anilines is 2. The van der Waals surface area contributed by atoms with Gasteiger partial charge in [-0.1, -0.05) is 19.9 Å². The molecule has 1 saturated carbocycles. The number of hydrogen-bond acceptors (Lipinski definition) is 5. The van der Waals surface area contributed by atoms with E-state index in [4.69, 9.17) is 0 Å². The predicted molar refractivity (Wildman–Crippen MR) is 154 cm³/mol. The number of halogens is 3. The second-order valence-electron chi connectivity index (χ2n) is 10.2. The summed E-state index contributed by atoms with van der Waals surface area (Å²) in [7, 11) is 3.62. The van der Waals surface area contributed by atoms with Gasteiger partial charge in [-0.3, -0.25) is 14.2 Å². The van der Waals surface area contributed by atoms with Gasteiger partial charge in [-0.15, -0.1) is 0 Å². The summed E-state index contributed by atoms with van der Waals surface area (Å²) in [6, 6.07) is 8.20. The molecule has 1 amide bonds. The Kier molecular flexibility index (Phi) is 9.02. The molecule has 0 atom stereocenters. The van der Waals surface area contributed by atoms with Crippen LogP contribution in [0, 0.1) is 6.92 Å². The Morgan fingerprint density at radius 2 is 1.60 bits per heavy atom. The van der Waals surface area contributed by atoms with E-state index in [2.05, 4.69) is 45.7 Å². The number of piperidine rings is 1. The first-order valence-corrected chi connectivity index (χ1v) is 13.8. The van der Waals surface area contributed by atoms with Crippen molar-refractivity contribution in [2.45, 2.75) is 64.7 Å². The highest BCUT2D eigenvalue weighted by atomic mass is 19.4. The lowest BCUT2D eigenvalue weighted by Crippen LogP contribution is -2.43. The largest absolute Gasteiger partial charge is 0.418 e. The first-order valence-electron chi connectivity index (χ1n) is 13.8. The quantitative estimate of drug-likeness (QED) is 0.304. The van der Waals surface area contributed by atoms with Gasteiger partial charge in [0.1, 0.15) is 0 Å². The lowest BCUT2D eigenvalue weighted by Gasteiger charge is -2.34. The number of alkyl halides is 3. The molecule has 1 aliphatic carbocycles. The molecule has 0 bridgehead atoms.